The number of halogens is 2. The Kier molecular flexibility index (Phi) is 5.90. The van der Waals surface area contributed by atoms with Gasteiger partial charge < -0.3 is 19.9 Å². The maximum Gasteiger partial charge on any atom is 0.319 e. The standard InChI is InChI=1S/C21H21ClFN3O2/c1-13-10-15(14(2)26(13)18-7-5-17(23)6-8-18)12-24-21(27)25-19-11-16(22)4-9-20(19)28-3/h4-11H,12H2,1-3H3,(H2,24,25,27). The van der Waals surface area contributed by atoms with Gasteiger partial charge in [0, 0.05) is 28.6 Å². The Bertz CT molecular complexity index is 1000. The number of anilines is 1. The number of ether oxygens (including phenoxy) is 1. The molecule has 0 aliphatic carbocycles. The zero-order valence-corrected chi connectivity index (χ0v) is 16.6. The summed E-state index contributed by atoms with van der Waals surface area (Å²) in [6, 6.07) is 12.9. The third-order valence-electron chi connectivity index (χ3n) is 4.47. The fourth-order valence-electron chi connectivity index (χ4n) is 3.12. The van der Waals surface area contributed by atoms with Gasteiger partial charge in [-0.05, 0) is 67.9 Å². The number of benzene rings is 2. The highest BCUT2D eigenvalue weighted by atomic mass is 35.5. The summed E-state index contributed by atoms with van der Waals surface area (Å²) in [5.74, 6) is 0.246. The summed E-state index contributed by atoms with van der Waals surface area (Å²) in [4.78, 5) is 12.3. The molecule has 0 atom stereocenters. The molecule has 0 unspecified atom stereocenters. The van der Waals surface area contributed by atoms with Crippen molar-refractivity contribution in [3.63, 3.8) is 0 Å². The van der Waals surface area contributed by atoms with E-state index in [-0.39, 0.29) is 11.8 Å². The predicted molar refractivity (Wildman–Crippen MR) is 109 cm³/mol. The van der Waals surface area contributed by atoms with E-state index in [1.807, 2.05) is 24.5 Å². The van der Waals surface area contributed by atoms with E-state index < -0.39 is 0 Å². The number of methoxy groups -OCH3 is 1. The molecule has 0 saturated heterocycles. The lowest BCUT2D eigenvalue weighted by molar-refractivity contribution is 0.251. The van der Waals surface area contributed by atoms with Crippen LogP contribution in [0.15, 0.2) is 48.5 Å². The SMILES string of the molecule is COc1ccc(Cl)cc1NC(=O)NCc1cc(C)n(-c2ccc(F)cc2)c1C. The van der Waals surface area contributed by atoms with Crippen LogP contribution < -0.4 is 15.4 Å². The largest absolute Gasteiger partial charge is 0.495 e. The molecule has 0 radical (unpaired) electrons. The molecule has 1 aromatic heterocycles. The maximum atomic E-state index is 13.2. The quantitative estimate of drug-likeness (QED) is 0.616. The summed E-state index contributed by atoms with van der Waals surface area (Å²) >= 11 is 5.99. The van der Waals surface area contributed by atoms with E-state index in [2.05, 4.69) is 10.6 Å². The molecule has 7 heteroatoms. The smallest absolute Gasteiger partial charge is 0.319 e. The van der Waals surface area contributed by atoms with Crippen molar-refractivity contribution in [3.8, 4) is 11.4 Å². The van der Waals surface area contributed by atoms with Crippen LogP contribution in [0, 0.1) is 19.7 Å². The van der Waals surface area contributed by atoms with E-state index in [4.69, 9.17) is 16.3 Å². The first-order chi connectivity index (χ1) is 13.4. The average molecular weight is 402 g/mol. The predicted octanol–water partition coefficient (Wildman–Crippen LogP) is 5.22. The van der Waals surface area contributed by atoms with Gasteiger partial charge in [0.25, 0.3) is 0 Å². The van der Waals surface area contributed by atoms with Crippen molar-refractivity contribution < 1.29 is 13.9 Å². The van der Waals surface area contributed by atoms with Crippen molar-refractivity contribution in [3.05, 3.63) is 76.3 Å². The van der Waals surface area contributed by atoms with Gasteiger partial charge in [-0.1, -0.05) is 11.6 Å². The number of nitrogens with one attached hydrogen (secondary N) is 2. The first-order valence-corrected chi connectivity index (χ1v) is 9.09. The lowest BCUT2D eigenvalue weighted by atomic mass is 10.2. The second kappa shape index (κ2) is 8.35. The highest BCUT2D eigenvalue weighted by Crippen LogP contribution is 2.27. The first-order valence-electron chi connectivity index (χ1n) is 8.71. The van der Waals surface area contributed by atoms with Gasteiger partial charge in [0.2, 0.25) is 0 Å². The van der Waals surface area contributed by atoms with Crippen LogP contribution in [0.2, 0.25) is 5.02 Å². The van der Waals surface area contributed by atoms with Crippen LogP contribution in [-0.2, 0) is 6.54 Å². The molecule has 28 heavy (non-hydrogen) atoms. The number of aryl methyl sites for hydroxylation is 1. The summed E-state index contributed by atoms with van der Waals surface area (Å²) in [5, 5.41) is 6.08. The highest BCUT2D eigenvalue weighted by Gasteiger charge is 2.13. The molecule has 0 aliphatic rings. The molecule has 0 aliphatic heterocycles. The molecule has 3 aromatic rings. The second-order valence-corrected chi connectivity index (χ2v) is 6.80. The van der Waals surface area contributed by atoms with Crippen LogP contribution >= 0.6 is 11.6 Å². The molecule has 1 heterocycles. The van der Waals surface area contributed by atoms with Crippen molar-refractivity contribution in [2.75, 3.05) is 12.4 Å². The molecule has 0 spiro atoms. The minimum absolute atomic E-state index is 0.277. The van der Waals surface area contributed by atoms with Crippen molar-refractivity contribution in [1.29, 1.82) is 0 Å². The molecule has 146 valence electrons. The van der Waals surface area contributed by atoms with E-state index in [0.717, 1.165) is 22.6 Å². The summed E-state index contributed by atoms with van der Waals surface area (Å²) in [6.45, 7) is 4.28. The van der Waals surface area contributed by atoms with Crippen LogP contribution in [0.25, 0.3) is 5.69 Å². The molecule has 2 N–H and O–H groups in total. The van der Waals surface area contributed by atoms with E-state index in [1.54, 1.807) is 30.3 Å². The molecule has 3 rings (SSSR count). The summed E-state index contributed by atoms with van der Waals surface area (Å²) in [6.07, 6.45) is 0. The van der Waals surface area contributed by atoms with Gasteiger partial charge in [0.15, 0.2) is 0 Å². The Balaban J connectivity index is 1.71. The maximum absolute atomic E-state index is 13.2. The lowest BCUT2D eigenvalue weighted by Gasteiger charge is -2.12. The van der Waals surface area contributed by atoms with E-state index in [1.165, 1.54) is 19.2 Å². The Morgan fingerprint density at radius 1 is 1.14 bits per heavy atom. The number of hydrogen-bond acceptors (Lipinski definition) is 2. The molecule has 0 bridgehead atoms. The summed E-state index contributed by atoms with van der Waals surface area (Å²) in [7, 11) is 1.52. The van der Waals surface area contributed by atoms with Gasteiger partial charge in [0.1, 0.15) is 11.6 Å². The average Bonchev–Trinajstić information content (AvgIpc) is 2.95. The van der Waals surface area contributed by atoms with Crippen molar-refractivity contribution in [2.45, 2.75) is 20.4 Å². The fourth-order valence-corrected chi connectivity index (χ4v) is 3.29. The fraction of sp³-hybridized carbons (Fsp3) is 0.190. The molecule has 5 nitrogen and oxygen atoms in total. The topological polar surface area (TPSA) is 55.3 Å². The van der Waals surface area contributed by atoms with E-state index in [9.17, 15) is 9.18 Å². The highest BCUT2D eigenvalue weighted by molar-refractivity contribution is 6.31. The Hall–Kier alpha value is -2.99. The Morgan fingerprint density at radius 2 is 1.86 bits per heavy atom. The molecular weight excluding hydrogens is 381 g/mol. The van der Waals surface area contributed by atoms with Gasteiger partial charge in [-0.3, -0.25) is 0 Å². The molecule has 0 saturated carbocycles. The number of nitrogens with zero attached hydrogens (tertiary/aromatic N) is 1. The molecule has 2 aromatic carbocycles. The van der Waals surface area contributed by atoms with Crippen molar-refractivity contribution in [1.82, 2.24) is 9.88 Å². The van der Waals surface area contributed by atoms with Crippen LogP contribution in [0.4, 0.5) is 14.9 Å². The Labute approximate surface area is 168 Å². The van der Waals surface area contributed by atoms with Crippen LogP contribution in [0.1, 0.15) is 17.0 Å². The Morgan fingerprint density at radius 3 is 2.54 bits per heavy atom. The normalized spacial score (nSPS) is 10.6. The van der Waals surface area contributed by atoms with Gasteiger partial charge in [-0.2, -0.15) is 0 Å². The van der Waals surface area contributed by atoms with Crippen LogP contribution in [0.3, 0.4) is 0 Å². The minimum Gasteiger partial charge on any atom is -0.495 e. The number of carbonyl (C=O) groups is 1. The number of amides is 2. The number of rotatable bonds is 5. The minimum atomic E-state index is -0.368. The van der Waals surface area contributed by atoms with Gasteiger partial charge in [-0.25, -0.2) is 9.18 Å². The number of urea groups is 1. The van der Waals surface area contributed by atoms with Gasteiger partial charge in [-0.15, -0.1) is 0 Å². The monoisotopic (exact) mass is 401 g/mol. The first kappa shape index (κ1) is 19.8. The molecule has 0 fully saturated rings. The van der Waals surface area contributed by atoms with Gasteiger partial charge in [0.05, 0.1) is 12.8 Å². The molecular formula is C21H21ClFN3O2. The second-order valence-electron chi connectivity index (χ2n) is 6.36. The lowest BCUT2D eigenvalue weighted by Crippen LogP contribution is -2.28. The third-order valence-corrected chi connectivity index (χ3v) is 4.70. The van der Waals surface area contributed by atoms with Crippen molar-refractivity contribution >= 4 is 23.3 Å². The summed E-state index contributed by atoms with van der Waals surface area (Å²) < 4.78 is 20.4. The number of hydrogen-bond donors (Lipinski definition) is 2. The van der Waals surface area contributed by atoms with Crippen LogP contribution in [-0.4, -0.2) is 17.7 Å². The van der Waals surface area contributed by atoms with Crippen molar-refractivity contribution in [2.24, 2.45) is 0 Å². The number of carbonyl (C=O) groups excluding carboxylic acids is 1. The third kappa shape index (κ3) is 4.28. The molecule has 2 amide bonds. The van der Waals surface area contributed by atoms with E-state index >= 15 is 0 Å². The number of aromatic nitrogens is 1. The van der Waals surface area contributed by atoms with Gasteiger partial charge >= 0.3 is 6.03 Å². The van der Waals surface area contributed by atoms with Crippen LogP contribution in [0.5, 0.6) is 5.75 Å². The summed E-state index contributed by atoms with van der Waals surface area (Å²) in [5.41, 5.74) is 4.30. The zero-order valence-electron chi connectivity index (χ0n) is 15.8. The zero-order chi connectivity index (χ0) is 20.3. The van der Waals surface area contributed by atoms with E-state index in [0.29, 0.717) is 23.0 Å².